The number of esters is 1. The van der Waals surface area contributed by atoms with Crippen molar-refractivity contribution >= 4 is 5.97 Å². The van der Waals surface area contributed by atoms with Crippen molar-refractivity contribution in [1.29, 1.82) is 0 Å². The number of halogens is 1. The molecule has 1 aliphatic rings. The largest absolute Gasteiger partial charge is 1.00 e. The van der Waals surface area contributed by atoms with E-state index in [4.69, 9.17) is 9.47 Å². The fourth-order valence-corrected chi connectivity index (χ4v) is 0.897. The number of carbonyl (C=O) groups is 1. The summed E-state index contributed by atoms with van der Waals surface area (Å²) in [5.74, 6) is -0.687. The first-order valence-electron chi connectivity index (χ1n) is 3.84. The number of hydrogen-bond donors (Lipinski definition) is 0. The molecule has 5 heteroatoms. The molecule has 2 rings (SSSR count). The Bertz CT molecular complexity index is 344. The number of hydrogen-bond acceptors (Lipinski definition) is 3. The first-order chi connectivity index (χ1) is 6.25. The Kier molecular flexibility index (Phi) is 4.69. The number of ether oxygens (including phenoxy) is 2. The van der Waals surface area contributed by atoms with E-state index in [-0.39, 0.29) is 58.6 Å². The molecule has 0 N–H and O–H groups in total. The average molecular weight is 222 g/mol. The summed E-state index contributed by atoms with van der Waals surface area (Å²) in [6, 6.07) is 5.43. The fraction of sp³-hybridized carbons (Fsp3) is 0.222. The minimum absolute atomic E-state index is 0. The van der Waals surface area contributed by atoms with Gasteiger partial charge in [0.2, 0.25) is 0 Å². The summed E-state index contributed by atoms with van der Waals surface area (Å²) in [4.78, 5) is 11.0. The third-order valence-electron chi connectivity index (χ3n) is 1.61. The molecule has 0 aromatic heterocycles. The average Bonchev–Trinajstić information content (AvgIpc) is 2.85. The van der Waals surface area contributed by atoms with E-state index in [1.54, 1.807) is 0 Å². The molecule has 1 aromatic rings. The van der Waals surface area contributed by atoms with Crippen LogP contribution in [0.1, 0.15) is 1.43 Å². The predicted molar refractivity (Wildman–Crippen MR) is 42.9 cm³/mol. The Balaban J connectivity index is 0.000000980. The van der Waals surface area contributed by atoms with Crippen LogP contribution in [0.5, 0.6) is 5.75 Å². The molecule has 1 aromatic carbocycles. The summed E-state index contributed by atoms with van der Waals surface area (Å²) in [7, 11) is 0. The molecule has 0 bridgehead atoms. The number of benzene rings is 1. The third-order valence-corrected chi connectivity index (χ3v) is 1.61. The van der Waals surface area contributed by atoms with Gasteiger partial charge in [-0.15, -0.1) is 0 Å². The Labute approximate surface area is 124 Å². The van der Waals surface area contributed by atoms with Gasteiger partial charge in [-0.05, 0) is 12.1 Å². The van der Waals surface area contributed by atoms with Gasteiger partial charge in [0.1, 0.15) is 11.6 Å². The van der Waals surface area contributed by atoms with Gasteiger partial charge in [0, 0.05) is 6.07 Å². The van der Waals surface area contributed by atoms with Crippen LogP contribution in [0.4, 0.5) is 4.39 Å². The van der Waals surface area contributed by atoms with Gasteiger partial charge >= 0.3 is 57.4 Å². The van der Waals surface area contributed by atoms with Crippen molar-refractivity contribution in [3.63, 3.8) is 0 Å². The van der Waals surface area contributed by atoms with Gasteiger partial charge in [-0.2, -0.15) is 0 Å². The quantitative estimate of drug-likeness (QED) is 0.258. The van der Waals surface area contributed by atoms with E-state index in [1.807, 2.05) is 0 Å². The Morgan fingerprint density at radius 2 is 2.36 bits per heavy atom. The first kappa shape index (κ1) is 12.3. The number of carbonyl (C=O) groups excluding carboxylic acids is 1. The standard InChI is InChI=1S/C9H7FO3.K.H/c10-6-2-1-3-7(4-6)13-9(11)8-5-12-8;;/h1-4,8H,5H2;;/q;+1;-1. The molecule has 1 atom stereocenters. The fourth-order valence-electron chi connectivity index (χ4n) is 0.897. The minimum Gasteiger partial charge on any atom is -1.00 e. The van der Waals surface area contributed by atoms with Gasteiger partial charge in [-0.25, -0.2) is 9.18 Å². The molecule has 1 heterocycles. The number of rotatable bonds is 2. The van der Waals surface area contributed by atoms with Gasteiger partial charge in [0.15, 0.2) is 6.10 Å². The SMILES string of the molecule is O=C(Oc1cccc(F)c1)C1CO1.[H-].[K+]. The van der Waals surface area contributed by atoms with Crippen LogP contribution >= 0.6 is 0 Å². The first-order valence-corrected chi connectivity index (χ1v) is 3.84. The van der Waals surface area contributed by atoms with Crippen molar-refractivity contribution in [2.45, 2.75) is 6.10 Å². The van der Waals surface area contributed by atoms with Crippen molar-refractivity contribution in [2.75, 3.05) is 6.61 Å². The molecule has 1 fully saturated rings. The topological polar surface area (TPSA) is 38.8 Å². The maximum atomic E-state index is 12.6. The molecule has 0 amide bonds. The van der Waals surface area contributed by atoms with Crippen molar-refractivity contribution < 1.29 is 71.5 Å². The van der Waals surface area contributed by atoms with E-state index in [0.717, 1.165) is 6.07 Å². The van der Waals surface area contributed by atoms with Crippen LogP contribution in [-0.4, -0.2) is 18.7 Å². The van der Waals surface area contributed by atoms with E-state index in [0.29, 0.717) is 6.61 Å². The van der Waals surface area contributed by atoms with Crippen LogP contribution in [0.25, 0.3) is 0 Å². The zero-order chi connectivity index (χ0) is 9.26. The zero-order valence-corrected chi connectivity index (χ0v) is 10.8. The molecule has 0 aliphatic carbocycles. The predicted octanol–water partition coefficient (Wildman–Crippen LogP) is -1.75. The van der Waals surface area contributed by atoms with E-state index in [9.17, 15) is 9.18 Å². The summed E-state index contributed by atoms with van der Waals surface area (Å²) in [6.45, 7) is 0.397. The van der Waals surface area contributed by atoms with Crippen LogP contribution in [0.15, 0.2) is 24.3 Å². The maximum Gasteiger partial charge on any atom is 1.00 e. The zero-order valence-electron chi connectivity index (χ0n) is 8.70. The third kappa shape index (κ3) is 3.41. The second kappa shape index (κ2) is 5.34. The molecular formula is C9H8FKO3. The maximum absolute atomic E-state index is 12.6. The van der Waals surface area contributed by atoms with Gasteiger partial charge in [-0.1, -0.05) is 6.07 Å². The molecule has 70 valence electrons. The monoisotopic (exact) mass is 222 g/mol. The molecule has 0 spiro atoms. The van der Waals surface area contributed by atoms with E-state index in [1.165, 1.54) is 18.2 Å². The molecule has 0 radical (unpaired) electrons. The van der Waals surface area contributed by atoms with Crippen LogP contribution < -0.4 is 56.1 Å². The van der Waals surface area contributed by atoms with Crippen LogP contribution in [0, 0.1) is 5.82 Å². The van der Waals surface area contributed by atoms with Crippen LogP contribution in [0.3, 0.4) is 0 Å². The van der Waals surface area contributed by atoms with Gasteiger partial charge in [0.05, 0.1) is 6.61 Å². The number of epoxide rings is 1. The Hall–Kier alpha value is 0.216. The molecule has 1 saturated heterocycles. The van der Waals surface area contributed by atoms with E-state index in [2.05, 4.69) is 0 Å². The van der Waals surface area contributed by atoms with Crippen molar-refractivity contribution in [1.82, 2.24) is 0 Å². The molecule has 0 saturated carbocycles. The normalized spacial score (nSPS) is 18.2. The molecule has 14 heavy (non-hydrogen) atoms. The van der Waals surface area contributed by atoms with Crippen molar-refractivity contribution in [3.8, 4) is 5.75 Å². The summed E-state index contributed by atoms with van der Waals surface area (Å²) in [6.07, 6.45) is -0.455. The van der Waals surface area contributed by atoms with E-state index < -0.39 is 17.9 Å². The van der Waals surface area contributed by atoms with Gasteiger partial charge in [-0.3, -0.25) is 0 Å². The Morgan fingerprint density at radius 1 is 1.64 bits per heavy atom. The summed E-state index contributed by atoms with van der Waals surface area (Å²) in [5, 5.41) is 0. The second-order valence-electron chi connectivity index (χ2n) is 2.70. The summed E-state index contributed by atoms with van der Waals surface area (Å²) in [5.41, 5.74) is 0. The molecular weight excluding hydrogens is 214 g/mol. The smallest absolute Gasteiger partial charge is 1.00 e. The molecule has 1 aliphatic heterocycles. The van der Waals surface area contributed by atoms with Gasteiger partial charge in [0.25, 0.3) is 0 Å². The van der Waals surface area contributed by atoms with Crippen molar-refractivity contribution in [3.05, 3.63) is 30.1 Å². The van der Waals surface area contributed by atoms with Crippen LogP contribution in [0.2, 0.25) is 0 Å². The minimum atomic E-state index is -0.467. The summed E-state index contributed by atoms with van der Waals surface area (Å²) >= 11 is 0. The van der Waals surface area contributed by atoms with E-state index >= 15 is 0 Å². The molecule has 1 unspecified atom stereocenters. The second-order valence-corrected chi connectivity index (χ2v) is 2.70. The summed E-state index contributed by atoms with van der Waals surface area (Å²) < 4.78 is 22.1. The van der Waals surface area contributed by atoms with Gasteiger partial charge < -0.3 is 10.9 Å². The Morgan fingerprint density at radius 3 is 2.93 bits per heavy atom. The van der Waals surface area contributed by atoms with Crippen LogP contribution in [-0.2, 0) is 9.53 Å². The molecule has 3 nitrogen and oxygen atoms in total. The van der Waals surface area contributed by atoms with Crippen molar-refractivity contribution in [2.24, 2.45) is 0 Å².